The first-order valence-corrected chi connectivity index (χ1v) is 5.75. The van der Waals surface area contributed by atoms with E-state index in [1.54, 1.807) is 6.92 Å². The van der Waals surface area contributed by atoms with Crippen LogP contribution in [-0.2, 0) is 4.74 Å². The normalized spacial score (nSPS) is 13.2. The van der Waals surface area contributed by atoms with Crippen molar-refractivity contribution in [2.75, 3.05) is 18.5 Å². The predicted octanol–water partition coefficient (Wildman–Crippen LogP) is 3.56. The number of rotatable bonds is 6. The monoisotopic (exact) mass is 281 g/mol. The van der Waals surface area contributed by atoms with Gasteiger partial charge in [-0.3, -0.25) is 0 Å². The molecule has 0 aliphatic rings. The first-order valence-electron chi connectivity index (χ1n) is 5.75. The molecular formula is C12H15F4NO2. The summed E-state index contributed by atoms with van der Waals surface area (Å²) in [5.74, 6) is -0.739. The minimum Gasteiger partial charge on any atom is -0.491 e. The van der Waals surface area contributed by atoms with Crippen LogP contribution in [0.2, 0.25) is 0 Å². The fraction of sp³-hybridized carbons (Fsp3) is 0.500. The highest BCUT2D eigenvalue weighted by atomic mass is 19.4. The first-order chi connectivity index (χ1) is 8.88. The van der Waals surface area contributed by atoms with Gasteiger partial charge in [0.15, 0.2) is 11.6 Å². The standard InChI is InChI=1S/C12H15F4NO2/c1-3-18-10-6-5-8(7-9(10)13)17-11(19-4-2)12(14,15)16/h5-7,11,17H,3-4H2,1-2H3. The molecule has 0 saturated carbocycles. The van der Waals surface area contributed by atoms with Crippen LogP contribution in [0.25, 0.3) is 0 Å². The third kappa shape index (κ3) is 4.59. The van der Waals surface area contributed by atoms with Crippen molar-refractivity contribution in [3.05, 3.63) is 24.0 Å². The van der Waals surface area contributed by atoms with Gasteiger partial charge in [0.1, 0.15) is 0 Å². The zero-order valence-corrected chi connectivity index (χ0v) is 10.6. The van der Waals surface area contributed by atoms with Crippen LogP contribution in [0.1, 0.15) is 13.8 Å². The minimum absolute atomic E-state index is 0.00646. The summed E-state index contributed by atoms with van der Waals surface area (Å²) in [6.45, 7) is 3.28. The van der Waals surface area contributed by atoms with Gasteiger partial charge in [0.2, 0.25) is 6.23 Å². The maximum Gasteiger partial charge on any atom is 0.433 e. The molecule has 1 unspecified atom stereocenters. The van der Waals surface area contributed by atoms with Crippen LogP contribution in [0.5, 0.6) is 5.75 Å². The van der Waals surface area contributed by atoms with Crippen molar-refractivity contribution in [1.82, 2.24) is 0 Å². The summed E-state index contributed by atoms with van der Waals surface area (Å²) in [6, 6.07) is 3.50. The fourth-order valence-electron chi connectivity index (χ4n) is 1.40. The Labute approximate surface area is 108 Å². The summed E-state index contributed by atoms with van der Waals surface area (Å²) in [5, 5.41) is 2.09. The molecule has 0 fully saturated rings. The Morgan fingerprint density at radius 2 is 1.89 bits per heavy atom. The molecule has 3 nitrogen and oxygen atoms in total. The summed E-state index contributed by atoms with van der Waals surface area (Å²) in [4.78, 5) is 0. The number of alkyl halides is 3. The van der Waals surface area contributed by atoms with Gasteiger partial charge < -0.3 is 14.8 Å². The van der Waals surface area contributed by atoms with Gasteiger partial charge in [0.25, 0.3) is 0 Å². The second-order valence-corrected chi connectivity index (χ2v) is 3.60. The average Bonchev–Trinajstić information content (AvgIpc) is 2.31. The van der Waals surface area contributed by atoms with Crippen molar-refractivity contribution >= 4 is 5.69 Å². The minimum atomic E-state index is -4.58. The van der Waals surface area contributed by atoms with Gasteiger partial charge in [0, 0.05) is 18.4 Å². The third-order valence-electron chi connectivity index (χ3n) is 2.16. The number of hydrogen-bond donors (Lipinski definition) is 1. The molecule has 0 aliphatic heterocycles. The molecule has 1 rings (SSSR count). The molecule has 19 heavy (non-hydrogen) atoms. The maximum atomic E-state index is 13.5. The largest absolute Gasteiger partial charge is 0.491 e. The number of benzene rings is 1. The molecule has 1 N–H and O–H groups in total. The van der Waals surface area contributed by atoms with E-state index < -0.39 is 18.2 Å². The molecule has 7 heteroatoms. The smallest absolute Gasteiger partial charge is 0.433 e. The van der Waals surface area contributed by atoms with E-state index in [0.29, 0.717) is 0 Å². The Bertz CT molecular complexity index is 409. The van der Waals surface area contributed by atoms with Crippen LogP contribution in [0, 0.1) is 5.82 Å². The van der Waals surface area contributed by atoms with Gasteiger partial charge in [-0.15, -0.1) is 0 Å². The third-order valence-corrected chi connectivity index (χ3v) is 2.16. The molecule has 0 heterocycles. The number of hydrogen-bond acceptors (Lipinski definition) is 3. The molecule has 1 aromatic carbocycles. The molecule has 0 radical (unpaired) electrons. The van der Waals surface area contributed by atoms with Crippen LogP contribution in [0.3, 0.4) is 0 Å². The summed E-state index contributed by atoms with van der Waals surface area (Å²) in [6.07, 6.45) is -6.75. The van der Waals surface area contributed by atoms with Gasteiger partial charge in [-0.2, -0.15) is 13.2 Å². The van der Waals surface area contributed by atoms with Crippen molar-refractivity contribution < 1.29 is 27.0 Å². The highest BCUT2D eigenvalue weighted by molar-refractivity contribution is 5.47. The topological polar surface area (TPSA) is 30.5 Å². The van der Waals surface area contributed by atoms with Crippen molar-refractivity contribution in [2.24, 2.45) is 0 Å². The summed E-state index contributed by atoms with van der Waals surface area (Å²) in [7, 11) is 0. The van der Waals surface area contributed by atoms with Gasteiger partial charge in [-0.1, -0.05) is 0 Å². The zero-order chi connectivity index (χ0) is 14.5. The summed E-state index contributed by atoms with van der Waals surface area (Å²) >= 11 is 0. The maximum absolute atomic E-state index is 13.5. The zero-order valence-electron chi connectivity index (χ0n) is 10.6. The summed E-state index contributed by atoms with van der Waals surface area (Å²) in [5.41, 5.74) is -0.0308. The van der Waals surface area contributed by atoms with E-state index in [4.69, 9.17) is 4.74 Å². The highest BCUT2D eigenvalue weighted by Gasteiger charge is 2.40. The molecule has 0 saturated heterocycles. The lowest BCUT2D eigenvalue weighted by Gasteiger charge is -2.22. The molecule has 0 amide bonds. The summed E-state index contributed by atoms with van der Waals surface area (Å²) < 4.78 is 60.7. The number of anilines is 1. The Hall–Kier alpha value is -1.50. The second-order valence-electron chi connectivity index (χ2n) is 3.60. The van der Waals surface area contributed by atoms with Gasteiger partial charge in [-0.25, -0.2) is 4.39 Å². The van der Waals surface area contributed by atoms with Gasteiger partial charge in [0.05, 0.1) is 6.61 Å². The van der Waals surface area contributed by atoms with Crippen molar-refractivity contribution in [2.45, 2.75) is 26.3 Å². The van der Waals surface area contributed by atoms with Crippen LogP contribution >= 0.6 is 0 Å². The van der Waals surface area contributed by atoms with Gasteiger partial charge in [-0.05, 0) is 26.0 Å². The lowest BCUT2D eigenvalue weighted by Crippen LogP contribution is -2.38. The molecule has 1 aromatic rings. The fourth-order valence-corrected chi connectivity index (χ4v) is 1.40. The number of ether oxygens (including phenoxy) is 2. The SMILES string of the molecule is CCOc1ccc(NC(OCC)C(F)(F)F)cc1F. The Balaban J connectivity index is 2.83. The van der Waals surface area contributed by atoms with Crippen LogP contribution in [0.4, 0.5) is 23.2 Å². The van der Waals surface area contributed by atoms with Crippen LogP contribution in [-0.4, -0.2) is 25.6 Å². The molecule has 0 aromatic heterocycles. The molecule has 0 bridgehead atoms. The Morgan fingerprint density at radius 3 is 2.37 bits per heavy atom. The number of halogens is 4. The van der Waals surface area contributed by atoms with E-state index in [1.807, 2.05) is 0 Å². The van der Waals surface area contributed by atoms with Crippen molar-refractivity contribution in [1.29, 1.82) is 0 Å². The molecule has 0 aliphatic carbocycles. The van der Waals surface area contributed by atoms with Crippen LogP contribution < -0.4 is 10.1 Å². The quantitative estimate of drug-likeness (QED) is 0.639. The second kappa shape index (κ2) is 6.60. The van der Waals surface area contributed by atoms with E-state index in [1.165, 1.54) is 19.1 Å². The molecule has 108 valence electrons. The molecule has 0 spiro atoms. The van der Waals surface area contributed by atoms with E-state index >= 15 is 0 Å². The highest BCUT2D eigenvalue weighted by Crippen LogP contribution is 2.27. The van der Waals surface area contributed by atoms with Crippen LogP contribution in [0.15, 0.2) is 18.2 Å². The average molecular weight is 281 g/mol. The molecule has 1 atom stereocenters. The lowest BCUT2D eigenvalue weighted by atomic mass is 10.3. The Morgan fingerprint density at radius 1 is 1.21 bits per heavy atom. The first kappa shape index (κ1) is 15.6. The number of nitrogens with one attached hydrogen (secondary N) is 1. The van der Waals surface area contributed by atoms with Gasteiger partial charge >= 0.3 is 6.18 Å². The van der Waals surface area contributed by atoms with E-state index in [2.05, 4.69) is 10.1 Å². The lowest BCUT2D eigenvalue weighted by molar-refractivity contribution is -0.209. The van der Waals surface area contributed by atoms with E-state index in [9.17, 15) is 17.6 Å². The molecular weight excluding hydrogens is 266 g/mol. The van der Waals surface area contributed by atoms with E-state index in [-0.39, 0.29) is 24.7 Å². The van der Waals surface area contributed by atoms with Crippen molar-refractivity contribution in [3.63, 3.8) is 0 Å². The Kier molecular flexibility index (Phi) is 5.41. The van der Waals surface area contributed by atoms with Crippen molar-refractivity contribution in [3.8, 4) is 5.75 Å². The van der Waals surface area contributed by atoms with E-state index in [0.717, 1.165) is 6.07 Å². The predicted molar refractivity (Wildman–Crippen MR) is 62.7 cm³/mol.